The predicted octanol–water partition coefficient (Wildman–Crippen LogP) is 3.24. The van der Waals surface area contributed by atoms with Crippen molar-refractivity contribution in [2.24, 2.45) is 5.73 Å². The molecule has 8 nitrogen and oxygen atoms in total. The highest BCUT2D eigenvalue weighted by Crippen LogP contribution is 2.33. The molecule has 3 amide bonds. The first-order valence-corrected chi connectivity index (χ1v) is 10.8. The fourth-order valence-electron chi connectivity index (χ4n) is 3.90. The summed E-state index contributed by atoms with van der Waals surface area (Å²) in [4.78, 5) is 30.6. The zero-order chi connectivity index (χ0) is 23.6. The van der Waals surface area contributed by atoms with Crippen molar-refractivity contribution in [1.29, 1.82) is 0 Å². The fourth-order valence-corrected chi connectivity index (χ4v) is 4.07. The van der Waals surface area contributed by atoms with Gasteiger partial charge >= 0.3 is 6.03 Å². The Morgan fingerprint density at radius 3 is 2.76 bits per heavy atom. The number of hydrogen-bond acceptors (Lipinski definition) is 5. The van der Waals surface area contributed by atoms with Crippen molar-refractivity contribution in [2.45, 2.75) is 25.3 Å². The maximum Gasteiger partial charge on any atom is 0.319 e. The molecule has 1 aromatic heterocycles. The highest BCUT2D eigenvalue weighted by molar-refractivity contribution is 6.30. The number of rotatable bonds is 5. The number of urea groups is 1. The quantitative estimate of drug-likeness (QED) is 0.463. The molecule has 170 valence electrons. The summed E-state index contributed by atoms with van der Waals surface area (Å²) in [6.45, 7) is 2.10. The summed E-state index contributed by atoms with van der Waals surface area (Å²) in [7, 11) is 1.67. The normalized spacial score (nSPS) is 20.1. The van der Waals surface area contributed by atoms with Crippen LogP contribution in [0.15, 0.2) is 67.0 Å². The van der Waals surface area contributed by atoms with Crippen LogP contribution in [-0.2, 0) is 16.9 Å². The van der Waals surface area contributed by atoms with Crippen LogP contribution in [0.1, 0.15) is 18.1 Å². The number of nitrogens with two attached hydrogens (primary N) is 1. The number of nitrogens with zero attached hydrogens (tertiary/aromatic N) is 2. The van der Waals surface area contributed by atoms with E-state index in [1.165, 1.54) is 4.90 Å². The lowest BCUT2D eigenvalue weighted by Crippen LogP contribution is -2.45. The summed E-state index contributed by atoms with van der Waals surface area (Å²) in [5, 5.41) is 9.35. The second-order valence-electron chi connectivity index (χ2n) is 8.06. The molecule has 2 atom stereocenters. The van der Waals surface area contributed by atoms with Gasteiger partial charge in [-0.3, -0.25) is 20.8 Å². The number of carbonyl (C=O) groups excluding carboxylic acids is 2. The van der Waals surface area contributed by atoms with Crippen LogP contribution in [0.2, 0.25) is 5.02 Å². The van der Waals surface area contributed by atoms with E-state index in [9.17, 15) is 9.59 Å². The zero-order valence-corrected chi connectivity index (χ0v) is 19.1. The van der Waals surface area contributed by atoms with Crippen LogP contribution >= 0.6 is 11.6 Å². The highest BCUT2D eigenvalue weighted by atomic mass is 35.5. The van der Waals surface area contributed by atoms with Gasteiger partial charge in [0.1, 0.15) is 11.8 Å². The SMILES string of the molecule is CN1C(=O)C(C)(c2cccc(-c3cc(Cl)ccc3CNC(=O)Nc3cccnc3)c2)NC1N. The molecule has 2 aromatic carbocycles. The molecule has 0 radical (unpaired) electrons. The number of halogens is 1. The minimum Gasteiger partial charge on any atom is -0.334 e. The third kappa shape index (κ3) is 4.68. The Morgan fingerprint density at radius 2 is 2.06 bits per heavy atom. The van der Waals surface area contributed by atoms with E-state index in [2.05, 4.69) is 20.9 Å². The van der Waals surface area contributed by atoms with Crippen molar-refractivity contribution in [2.75, 3.05) is 12.4 Å². The molecule has 2 heterocycles. The van der Waals surface area contributed by atoms with E-state index >= 15 is 0 Å². The minimum atomic E-state index is -0.940. The molecule has 5 N–H and O–H groups in total. The maximum atomic E-state index is 12.8. The Bertz CT molecular complexity index is 1190. The van der Waals surface area contributed by atoms with Crippen molar-refractivity contribution < 1.29 is 9.59 Å². The fraction of sp³-hybridized carbons (Fsp3) is 0.208. The molecule has 1 fully saturated rings. The Balaban J connectivity index is 1.58. The van der Waals surface area contributed by atoms with Gasteiger partial charge in [0.25, 0.3) is 0 Å². The molecule has 2 unspecified atom stereocenters. The molecule has 3 aromatic rings. The van der Waals surface area contributed by atoms with Gasteiger partial charge in [-0.2, -0.15) is 0 Å². The molecule has 1 aliphatic heterocycles. The smallest absolute Gasteiger partial charge is 0.319 e. The van der Waals surface area contributed by atoms with E-state index in [0.717, 1.165) is 22.3 Å². The van der Waals surface area contributed by atoms with Crippen molar-refractivity contribution >= 4 is 29.2 Å². The van der Waals surface area contributed by atoms with E-state index in [4.69, 9.17) is 17.3 Å². The summed E-state index contributed by atoms with van der Waals surface area (Å²) in [5.41, 5.74) is 9.09. The number of pyridine rings is 1. The molecule has 1 saturated heterocycles. The van der Waals surface area contributed by atoms with Crippen molar-refractivity contribution in [1.82, 2.24) is 20.5 Å². The van der Waals surface area contributed by atoms with Gasteiger partial charge in [0.15, 0.2) is 0 Å². The van der Waals surface area contributed by atoms with E-state index < -0.39 is 11.8 Å². The standard InChI is InChI=1S/C24H25ClN6O2/c1-24(21(32)31(2)22(26)30-24)17-6-3-5-15(11-17)20-12-18(25)9-8-16(20)13-28-23(33)29-19-7-4-10-27-14-19/h3-12,14,22,30H,13,26H2,1-2H3,(H2,28,29,33). The average Bonchev–Trinajstić information content (AvgIpc) is 3.02. The number of nitrogens with one attached hydrogen (secondary N) is 3. The van der Waals surface area contributed by atoms with Gasteiger partial charge in [0.05, 0.1) is 11.9 Å². The number of likely N-dealkylation sites (N-methyl/N-ethyl adjacent to an activating group) is 1. The lowest BCUT2D eigenvalue weighted by Gasteiger charge is -2.23. The van der Waals surface area contributed by atoms with Gasteiger partial charge in [-0.15, -0.1) is 0 Å². The van der Waals surface area contributed by atoms with Crippen LogP contribution in [0.4, 0.5) is 10.5 Å². The number of carbonyl (C=O) groups is 2. The van der Waals surface area contributed by atoms with E-state index in [-0.39, 0.29) is 18.5 Å². The van der Waals surface area contributed by atoms with Crippen molar-refractivity contribution in [3.63, 3.8) is 0 Å². The Hall–Kier alpha value is -3.46. The number of aromatic nitrogens is 1. The first-order chi connectivity index (χ1) is 15.8. The molecular formula is C24H25ClN6O2. The van der Waals surface area contributed by atoms with Crippen LogP contribution in [0.3, 0.4) is 0 Å². The highest BCUT2D eigenvalue weighted by Gasteiger charge is 2.46. The molecule has 1 aliphatic rings. The molecule has 0 saturated carbocycles. The molecular weight excluding hydrogens is 440 g/mol. The minimum absolute atomic E-state index is 0.104. The lowest BCUT2D eigenvalue weighted by atomic mass is 9.88. The monoisotopic (exact) mass is 464 g/mol. The second-order valence-corrected chi connectivity index (χ2v) is 8.50. The van der Waals surface area contributed by atoms with Gasteiger partial charge in [0.2, 0.25) is 5.91 Å². The topological polar surface area (TPSA) is 112 Å². The third-order valence-electron chi connectivity index (χ3n) is 5.78. The number of amides is 3. The van der Waals surface area contributed by atoms with Gasteiger partial charge in [-0.1, -0.05) is 35.9 Å². The van der Waals surface area contributed by atoms with Crippen molar-refractivity contribution in [3.05, 3.63) is 83.1 Å². The Kier molecular flexibility index (Phi) is 6.33. The summed E-state index contributed by atoms with van der Waals surface area (Å²) in [5.74, 6) is -0.104. The van der Waals surface area contributed by atoms with E-state index in [1.807, 2.05) is 43.3 Å². The van der Waals surface area contributed by atoms with E-state index in [0.29, 0.717) is 10.7 Å². The van der Waals surface area contributed by atoms with Crippen molar-refractivity contribution in [3.8, 4) is 11.1 Å². The molecule has 0 bridgehead atoms. The maximum absolute atomic E-state index is 12.8. The van der Waals surface area contributed by atoms with Gasteiger partial charge < -0.3 is 15.5 Å². The molecule has 0 aliphatic carbocycles. The average molecular weight is 465 g/mol. The first-order valence-electron chi connectivity index (χ1n) is 10.4. The van der Waals surface area contributed by atoms with Gasteiger partial charge in [-0.25, -0.2) is 4.79 Å². The summed E-state index contributed by atoms with van der Waals surface area (Å²) in [6, 6.07) is 16.3. The molecule has 9 heteroatoms. The van der Waals surface area contributed by atoms with Crippen LogP contribution in [0.25, 0.3) is 11.1 Å². The molecule has 4 rings (SSSR count). The number of hydrogen-bond donors (Lipinski definition) is 4. The summed E-state index contributed by atoms with van der Waals surface area (Å²) in [6.07, 6.45) is 2.65. The zero-order valence-electron chi connectivity index (χ0n) is 18.3. The first kappa shape index (κ1) is 22.7. The summed E-state index contributed by atoms with van der Waals surface area (Å²) >= 11 is 6.30. The Morgan fingerprint density at radius 1 is 1.24 bits per heavy atom. The van der Waals surface area contributed by atoms with Crippen LogP contribution in [-0.4, -0.2) is 35.2 Å². The molecule has 33 heavy (non-hydrogen) atoms. The van der Waals surface area contributed by atoms with Gasteiger partial charge in [0, 0.05) is 24.8 Å². The van der Waals surface area contributed by atoms with Crippen LogP contribution in [0.5, 0.6) is 0 Å². The molecule has 0 spiro atoms. The van der Waals surface area contributed by atoms with E-state index in [1.54, 1.807) is 37.6 Å². The summed E-state index contributed by atoms with van der Waals surface area (Å²) < 4.78 is 0. The predicted molar refractivity (Wildman–Crippen MR) is 128 cm³/mol. The largest absolute Gasteiger partial charge is 0.334 e. The Labute approximate surface area is 197 Å². The lowest BCUT2D eigenvalue weighted by molar-refractivity contribution is -0.131. The van der Waals surface area contributed by atoms with Crippen LogP contribution < -0.4 is 21.7 Å². The second kappa shape index (κ2) is 9.19. The number of anilines is 1. The number of benzene rings is 2. The van der Waals surface area contributed by atoms with Gasteiger partial charge in [-0.05, 0) is 59.5 Å². The van der Waals surface area contributed by atoms with Crippen LogP contribution in [0, 0.1) is 0 Å². The third-order valence-corrected chi connectivity index (χ3v) is 6.02.